The smallest absolute Gasteiger partial charge is 0.412 e. The third kappa shape index (κ3) is 4.52. The minimum Gasteiger partial charge on any atom is -0.444 e. The number of amides is 2. The minimum absolute atomic E-state index is 0.0299. The number of nitrogens with zero attached hydrogens (tertiary/aromatic N) is 2. The van der Waals surface area contributed by atoms with Gasteiger partial charge in [0.1, 0.15) is 13.3 Å². The van der Waals surface area contributed by atoms with E-state index in [0.717, 1.165) is 16.7 Å². The van der Waals surface area contributed by atoms with Gasteiger partial charge in [0.05, 0.1) is 18.0 Å². The zero-order valence-electron chi connectivity index (χ0n) is 18.4. The van der Waals surface area contributed by atoms with Gasteiger partial charge in [0.15, 0.2) is 0 Å². The van der Waals surface area contributed by atoms with E-state index in [1.807, 2.05) is 105 Å². The predicted molar refractivity (Wildman–Crippen MR) is 123 cm³/mol. The number of hydrogen-bond donors (Lipinski definition) is 0. The van der Waals surface area contributed by atoms with Crippen LogP contribution in [0.5, 0.6) is 0 Å². The molecule has 0 saturated carbocycles. The van der Waals surface area contributed by atoms with Crippen molar-refractivity contribution in [2.45, 2.75) is 32.5 Å². The zero-order valence-corrected chi connectivity index (χ0v) is 18.4. The van der Waals surface area contributed by atoms with Gasteiger partial charge in [-0.1, -0.05) is 97.9 Å². The Kier molecular flexibility index (Phi) is 6.55. The highest BCUT2D eigenvalue weighted by Gasteiger charge is 2.43. The zero-order chi connectivity index (χ0) is 22.5. The monoisotopic (exact) mass is 428 g/mol. The summed E-state index contributed by atoms with van der Waals surface area (Å²) in [5, 5.41) is 0. The normalized spacial score (nSPS) is 19.5. The van der Waals surface area contributed by atoms with E-state index in [1.165, 1.54) is 0 Å². The summed E-state index contributed by atoms with van der Waals surface area (Å²) in [4.78, 5) is 30.1. The average molecular weight is 429 g/mol. The van der Waals surface area contributed by atoms with Crippen LogP contribution in [0.25, 0.3) is 0 Å². The van der Waals surface area contributed by atoms with Crippen LogP contribution in [-0.4, -0.2) is 28.5 Å². The average Bonchev–Trinajstić information content (AvgIpc) is 2.85. The molecule has 3 atom stereocenters. The summed E-state index contributed by atoms with van der Waals surface area (Å²) < 4.78 is 5.69. The molecule has 1 aliphatic heterocycles. The van der Waals surface area contributed by atoms with Crippen LogP contribution in [-0.2, 0) is 16.1 Å². The highest BCUT2D eigenvalue weighted by Crippen LogP contribution is 2.37. The molecule has 3 aromatic rings. The second-order valence-corrected chi connectivity index (χ2v) is 8.19. The standard InChI is InChI=1S/C27H28N2O3/c1-20-25(24-16-10-5-11-17-24)29(27(31)32-18-22-12-6-3-7-13-22)19-28(26(20)30)21(2)23-14-8-4-9-15-23/h3-17,20-21,25H,18-19H2,1-2H3/t20-,21+,25-/m1/s1. The molecule has 32 heavy (non-hydrogen) atoms. The Labute approximate surface area is 189 Å². The van der Waals surface area contributed by atoms with Gasteiger partial charge in [0.25, 0.3) is 0 Å². The first-order chi connectivity index (χ1) is 15.6. The van der Waals surface area contributed by atoms with Crippen LogP contribution in [0, 0.1) is 5.92 Å². The van der Waals surface area contributed by atoms with Gasteiger partial charge in [-0.3, -0.25) is 9.69 Å². The van der Waals surface area contributed by atoms with Gasteiger partial charge < -0.3 is 9.64 Å². The quantitative estimate of drug-likeness (QED) is 0.534. The van der Waals surface area contributed by atoms with Crippen molar-refractivity contribution in [3.8, 4) is 0 Å². The first kappa shape index (κ1) is 21.6. The van der Waals surface area contributed by atoms with Gasteiger partial charge in [-0.2, -0.15) is 0 Å². The van der Waals surface area contributed by atoms with Crippen molar-refractivity contribution in [3.63, 3.8) is 0 Å². The fraction of sp³-hybridized carbons (Fsp3) is 0.259. The molecule has 0 unspecified atom stereocenters. The molecule has 0 N–H and O–H groups in total. The van der Waals surface area contributed by atoms with Crippen molar-refractivity contribution in [2.75, 3.05) is 6.67 Å². The Balaban J connectivity index is 1.62. The third-order valence-corrected chi connectivity index (χ3v) is 6.12. The van der Waals surface area contributed by atoms with Crippen molar-refractivity contribution in [1.82, 2.24) is 9.80 Å². The van der Waals surface area contributed by atoms with Gasteiger partial charge in [-0.15, -0.1) is 0 Å². The second-order valence-electron chi connectivity index (χ2n) is 8.19. The highest BCUT2D eigenvalue weighted by molar-refractivity contribution is 5.83. The summed E-state index contributed by atoms with van der Waals surface area (Å²) in [5.74, 6) is -0.371. The lowest BCUT2D eigenvalue weighted by atomic mass is 9.89. The van der Waals surface area contributed by atoms with Crippen molar-refractivity contribution < 1.29 is 14.3 Å². The van der Waals surface area contributed by atoms with Gasteiger partial charge >= 0.3 is 6.09 Å². The molecule has 5 nitrogen and oxygen atoms in total. The molecule has 0 spiro atoms. The van der Waals surface area contributed by atoms with Crippen molar-refractivity contribution >= 4 is 12.0 Å². The largest absolute Gasteiger partial charge is 0.444 e. The molecule has 5 heteroatoms. The summed E-state index contributed by atoms with van der Waals surface area (Å²) in [6.07, 6.45) is -0.424. The molecule has 164 valence electrons. The van der Waals surface area contributed by atoms with Crippen LogP contribution in [0.1, 0.15) is 42.6 Å². The van der Waals surface area contributed by atoms with Crippen LogP contribution in [0.4, 0.5) is 4.79 Å². The van der Waals surface area contributed by atoms with E-state index in [2.05, 4.69) is 0 Å². The molecular weight excluding hydrogens is 400 g/mol. The Bertz CT molecular complexity index is 1040. The first-order valence-electron chi connectivity index (χ1n) is 10.9. The van der Waals surface area contributed by atoms with E-state index < -0.39 is 12.0 Å². The van der Waals surface area contributed by atoms with Crippen molar-refractivity contribution in [3.05, 3.63) is 108 Å². The minimum atomic E-state index is -0.424. The Morgan fingerprint density at radius 3 is 2.12 bits per heavy atom. The Hall–Kier alpha value is -3.60. The maximum atomic E-state index is 13.4. The molecule has 0 radical (unpaired) electrons. The summed E-state index contributed by atoms with van der Waals surface area (Å²) in [6, 6.07) is 28.7. The molecule has 1 saturated heterocycles. The number of carbonyl (C=O) groups is 2. The van der Waals surface area contributed by atoms with Crippen LogP contribution in [0.2, 0.25) is 0 Å². The number of ether oxygens (including phenoxy) is 1. The van der Waals surface area contributed by atoms with E-state index in [9.17, 15) is 9.59 Å². The molecule has 2 amide bonds. The lowest BCUT2D eigenvalue weighted by Gasteiger charge is -2.46. The molecule has 4 rings (SSSR count). The maximum absolute atomic E-state index is 13.4. The van der Waals surface area contributed by atoms with Crippen molar-refractivity contribution in [1.29, 1.82) is 0 Å². The Morgan fingerprint density at radius 2 is 1.50 bits per heavy atom. The van der Waals surface area contributed by atoms with Gasteiger partial charge in [-0.25, -0.2) is 4.79 Å². The summed E-state index contributed by atoms with van der Waals surface area (Å²) in [7, 11) is 0. The lowest BCUT2D eigenvalue weighted by molar-refractivity contribution is -0.149. The number of rotatable bonds is 5. The second kappa shape index (κ2) is 9.69. The summed E-state index contributed by atoms with van der Waals surface area (Å²) in [6.45, 7) is 4.25. The summed E-state index contributed by atoms with van der Waals surface area (Å²) in [5.41, 5.74) is 2.88. The van der Waals surface area contributed by atoms with Crippen LogP contribution < -0.4 is 0 Å². The SMILES string of the molecule is C[C@H]1C(=O)N([C@@H](C)c2ccccc2)CN(C(=O)OCc2ccccc2)[C@H]1c1ccccc1. The number of benzene rings is 3. The molecule has 1 fully saturated rings. The van der Waals surface area contributed by atoms with Gasteiger partial charge in [0, 0.05) is 0 Å². The maximum Gasteiger partial charge on any atom is 0.412 e. The van der Waals surface area contributed by atoms with E-state index >= 15 is 0 Å². The fourth-order valence-corrected chi connectivity index (χ4v) is 4.31. The van der Waals surface area contributed by atoms with Gasteiger partial charge in [0.2, 0.25) is 5.91 Å². The molecular formula is C27H28N2O3. The third-order valence-electron chi connectivity index (χ3n) is 6.12. The van der Waals surface area contributed by atoms with Crippen LogP contribution >= 0.6 is 0 Å². The summed E-state index contributed by atoms with van der Waals surface area (Å²) >= 11 is 0. The van der Waals surface area contributed by atoms with E-state index in [-0.39, 0.29) is 31.3 Å². The van der Waals surface area contributed by atoms with Crippen LogP contribution in [0.15, 0.2) is 91.0 Å². The van der Waals surface area contributed by atoms with Crippen molar-refractivity contribution in [2.24, 2.45) is 5.92 Å². The van der Waals surface area contributed by atoms with E-state index in [1.54, 1.807) is 9.80 Å². The van der Waals surface area contributed by atoms with E-state index in [4.69, 9.17) is 4.74 Å². The molecule has 1 heterocycles. The molecule has 3 aromatic carbocycles. The van der Waals surface area contributed by atoms with E-state index in [0.29, 0.717) is 0 Å². The molecule has 1 aliphatic rings. The lowest BCUT2D eigenvalue weighted by Crippen LogP contribution is -2.56. The predicted octanol–water partition coefficient (Wildman–Crippen LogP) is 5.56. The first-order valence-corrected chi connectivity index (χ1v) is 10.9. The number of hydrogen-bond acceptors (Lipinski definition) is 3. The number of carbonyl (C=O) groups excluding carboxylic acids is 2. The highest BCUT2D eigenvalue weighted by atomic mass is 16.6. The molecule has 0 bridgehead atoms. The Morgan fingerprint density at radius 1 is 0.938 bits per heavy atom. The fourth-order valence-electron chi connectivity index (χ4n) is 4.31. The van der Waals surface area contributed by atoms with Gasteiger partial charge in [-0.05, 0) is 23.6 Å². The molecule has 0 aromatic heterocycles. The molecule has 0 aliphatic carbocycles. The van der Waals surface area contributed by atoms with Crippen LogP contribution in [0.3, 0.4) is 0 Å². The topological polar surface area (TPSA) is 49.9 Å².